The SMILES string of the molecule is C=CC(=O)OC.COCCOCCOCCOCCOCCOCCOCCOCCO. The smallest absolute Gasteiger partial charge is 0.329 e. The van der Waals surface area contributed by atoms with Gasteiger partial charge in [-0.2, -0.15) is 0 Å². The van der Waals surface area contributed by atoms with Gasteiger partial charge in [0, 0.05) is 13.2 Å². The van der Waals surface area contributed by atoms with E-state index in [2.05, 4.69) is 11.3 Å². The van der Waals surface area contributed by atoms with Gasteiger partial charge in [0.25, 0.3) is 0 Å². The molecule has 0 fully saturated rings. The Morgan fingerprint density at radius 3 is 1.06 bits per heavy atom. The maximum absolute atomic E-state index is 9.84. The molecule has 0 aliphatic rings. The number of carbonyl (C=O) groups is 1. The molecule has 0 heterocycles. The fraction of sp³-hybridized carbons (Fsp3) is 0.857. The Kier molecular flexibility index (Phi) is 33.1. The average molecular weight is 471 g/mol. The van der Waals surface area contributed by atoms with Gasteiger partial charge in [0.05, 0.1) is 113 Å². The minimum Gasteiger partial charge on any atom is -0.466 e. The highest BCUT2D eigenvalue weighted by Crippen LogP contribution is 1.85. The van der Waals surface area contributed by atoms with Crippen molar-refractivity contribution in [3.05, 3.63) is 12.7 Å². The van der Waals surface area contributed by atoms with Crippen LogP contribution in [0.2, 0.25) is 0 Å². The summed E-state index contributed by atoms with van der Waals surface area (Å²) in [5.74, 6) is -0.394. The number of carbonyl (C=O) groups excluding carboxylic acids is 1. The number of hydrogen-bond acceptors (Lipinski definition) is 11. The number of ether oxygens (including phenoxy) is 9. The predicted octanol–water partition coefficient (Wildman–Crippen LogP) is 0.0867. The second-order valence-corrected chi connectivity index (χ2v) is 5.73. The van der Waals surface area contributed by atoms with Gasteiger partial charge >= 0.3 is 5.97 Å². The van der Waals surface area contributed by atoms with Crippen LogP contribution in [-0.4, -0.2) is 131 Å². The van der Waals surface area contributed by atoms with E-state index in [-0.39, 0.29) is 6.61 Å². The molecule has 0 bridgehead atoms. The molecule has 0 atom stereocenters. The van der Waals surface area contributed by atoms with Crippen LogP contribution in [0.5, 0.6) is 0 Å². The van der Waals surface area contributed by atoms with Crippen molar-refractivity contribution in [3.63, 3.8) is 0 Å². The van der Waals surface area contributed by atoms with Crippen LogP contribution in [0.4, 0.5) is 0 Å². The summed E-state index contributed by atoms with van der Waals surface area (Å²) in [5, 5.41) is 8.51. The normalized spacial score (nSPS) is 10.5. The van der Waals surface area contributed by atoms with Gasteiger partial charge in [-0.15, -0.1) is 0 Å². The van der Waals surface area contributed by atoms with Gasteiger partial charge in [0.2, 0.25) is 0 Å². The van der Waals surface area contributed by atoms with E-state index in [4.69, 9.17) is 43.0 Å². The molecule has 1 N–H and O–H groups in total. The highest BCUT2D eigenvalue weighted by molar-refractivity contribution is 5.80. The first-order chi connectivity index (χ1) is 15.7. The lowest BCUT2D eigenvalue weighted by Gasteiger charge is -2.08. The highest BCUT2D eigenvalue weighted by atomic mass is 16.6. The molecule has 11 heteroatoms. The number of esters is 1. The molecule has 0 amide bonds. The number of aliphatic hydroxyl groups is 1. The lowest BCUT2D eigenvalue weighted by molar-refractivity contribution is -0.134. The molecule has 0 radical (unpaired) electrons. The summed E-state index contributed by atoms with van der Waals surface area (Å²) in [7, 11) is 2.95. The maximum atomic E-state index is 9.84. The summed E-state index contributed by atoms with van der Waals surface area (Å²) in [5.41, 5.74) is 0. The van der Waals surface area contributed by atoms with Crippen molar-refractivity contribution in [2.24, 2.45) is 0 Å². The summed E-state index contributed by atoms with van der Waals surface area (Å²) in [6.45, 7) is 11.1. The van der Waals surface area contributed by atoms with Gasteiger partial charge in [-0.1, -0.05) is 6.58 Å². The van der Waals surface area contributed by atoms with E-state index in [1.807, 2.05) is 0 Å². The second-order valence-electron chi connectivity index (χ2n) is 5.73. The van der Waals surface area contributed by atoms with Gasteiger partial charge in [-0.25, -0.2) is 4.79 Å². The lowest BCUT2D eigenvalue weighted by Crippen LogP contribution is -2.15. The first-order valence-corrected chi connectivity index (χ1v) is 10.6. The molecular formula is C21H42O11. The summed E-state index contributed by atoms with van der Waals surface area (Å²) in [6, 6.07) is 0. The van der Waals surface area contributed by atoms with Crippen molar-refractivity contribution < 1.29 is 52.5 Å². The van der Waals surface area contributed by atoms with Crippen LogP contribution in [0.3, 0.4) is 0 Å². The number of rotatable bonds is 24. The Morgan fingerprint density at radius 2 is 0.875 bits per heavy atom. The minimum atomic E-state index is -0.394. The van der Waals surface area contributed by atoms with Crippen LogP contribution >= 0.6 is 0 Å². The van der Waals surface area contributed by atoms with E-state index in [1.54, 1.807) is 7.11 Å². The topological polar surface area (TPSA) is 120 Å². The molecule has 0 aliphatic heterocycles. The van der Waals surface area contributed by atoms with E-state index >= 15 is 0 Å². The molecule has 0 rings (SSSR count). The first kappa shape index (κ1) is 33.0. The number of hydrogen-bond donors (Lipinski definition) is 1. The molecule has 0 aromatic carbocycles. The van der Waals surface area contributed by atoms with Crippen molar-refractivity contribution in [2.45, 2.75) is 0 Å². The Morgan fingerprint density at radius 1 is 0.594 bits per heavy atom. The quantitative estimate of drug-likeness (QED) is 0.117. The summed E-state index contributed by atoms with van der Waals surface area (Å²) in [6.07, 6.45) is 1.11. The van der Waals surface area contributed by atoms with E-state index in [1.165, 1.54) is 7.11 Å². The van der Waals surface area contributed by atoms with Gasteiger partial charge in [0.1, 0.15) is 0 Å². The molecule has 0 saturated heterocycles. The van der Waals surface area contributed by atoms with Crippen LogP contribution in [0.15, 0.2) is 12.7 Å². The molecule has 0 saturated carbocycles. The van der Waals surface area contributed by atoms with Crippen LogP contribution in [0.25, 0.3) is 0 Å². The van der Waals surface area contributed by atoms with E-state index in [0.29, 0.717) is 99.1 Å². The minimum absolute atomic E-state index is 0.0348. The van der Waals surface area contributed by atoms with Gasteiger partial charge in [-0.05, 0) is 0 Å². The Labute approximate surface area is 191 Å². The maximum Gasteiger partial charge on any atom is 0.329 e. The third kappa shape index (κ3) is 33.5. The highest BCUT2D eigenvalue weighted by Gasteiger charge is 1.94. The zero-order valence-corrected chi connectivity index (χ0v) is 19.6. The second kappa shape index (κ2) is 32.0. The molecular weight excluding hydrogens is 428 g/mol. The predicted molar refractivity (Wildman–Crippen MR) is 117 cm³/mol. The molecule has 192 valence electrons. The Bertz CT molecular complexity index is 346. The third-order valence-electron chi connectivity index (χ3n) is 3.27. The molecule has 32 heavy (non-hydrogen) atoms. The van der Waals surface area contributed by atoms with Crippen molar-refractivity contribution in [1.29, 1.82) is 0 Å². The van der Waals surface area contributed by atoms with Crippen molar-refractivity contribution in [3.8, 4) is 0 Å². The van der Waals surface area contributed by atoms with Crippen LogP contribution in [-0.2, 0) is 47.4 Å². The standard InChI is InChI=1S/C17H36O9.C4H6O2/c1-19-4-5-21-8-9-23-12-13-25-16-17-26-15-14-24-11-10-22-7-6-20-3-2-18;1-3-4(5)6-2/h18H,2-17H2,1H3;3H,1H2,2H3. The first-order valence-electron chi connectivity index (χ1n) is 10.6. The zero-order valence-electron chi connectivity index (χ0n) is 19.6. The molecule has 0 aromatic heterocycles. The monoisotopic (exact) mass is 470 g/mol. The zero-order chi connectivity index (χ0) is 24.0. The Hall–Kier alpha value is -1.15. The number of aliphatic hydroxyl groups excluding tert-OH is 1. The van der Waals surface area contributed by atoms with E-state index in [0.717, 1.165) is 6.08 Å². The van der Waals surface area contributed by atoms with E-state index < -0.39 is 5.97 Å². The van der Waals surface area contributed by atoms with Crippen LogP contribution < -0.4 is 0 Å². The van der Waals surface area contributed by atoms with Crippen LogP contribution in [0.1, 0.15) is 0 Å². The molecule has 0 aromatic rings. The Balaban J connectivity index is 0. The van der Waals surface area contributed by atoms with E-state index in [9.17, 15) is 4.79 Å². The summed E-state index contributed by atoms with van der Waals surface area (Å²) in [4.78, 5) is 9.84. The molecule has 0 spiro atoms. The summed E-state index contributed by atoms with van der Waals surface area (Å²) >= 11 is 0. The average Bonchev–Trinajstić information content (AvgIpc) is 2.82. The number of methoxy groups -OCH3 is 2. The molecule has 11 nitrogen and oxygen atoms in total. The summed E-state index contributed by atoms with van der Waals surface area (Å²) < 4.78 is 46.1. The van der Waals surface area contributed by atoms with Crippen molar-refractivity contribution in [2.75, 3.05) is 120 Å². The lowest BCUT2D eigenvalue weighted by atomic mass is 10.6. The van der Waals surface area contributed by atoms with Crippen molar-refractivity contribution in [1.82, 2.24) is 0 Å². The third-order valence-corrected chi connectivity index (χ3v) is 3.27. The fourth-order valence-electron chi connectivity index (χ4n) is 1.71. The van der Waals surface area contributed by atoms with Gasteiger partial charge in [-0.3, -0.25) is 0 Å². The largest absolute Gasteiger partial charge is 0.466 e. The van der Waals surface area contributed by atoms with Gasteiger partial charge < -0.3 is 47.7 Å². The molecule has 0 aliphatic carbocycles. The van der Waals surface area contributed by atoms with Crippen molar-refractivity contribution >= 4 is 5.97 Å². The molecule has 0 unspecified atom stereocenters. The van der Waals surface area contributed by atoms with Gasteiger partial charge in [0.15, 0.2) is 0 Å². The van der Waals surface area contributed by atoms with Crippen LogP contribution in [0, 0.1) is 0 Å². The fourth-order valence-corrected chi connectivity index (χ4v) is 1.71.